The van der Waals surface area contributed by atoms with Gasteiger partial charge in [-0.15, -0.1) is 0 Å². The topological polar surface area (TPSA) is 78.0 Å². The molecule has 0 saturated carbocycles. The van der Waals surface area contributed by atoms with E-state index in [2.05, 4.69) is 5.10 Å². The van der Waals surface area contributed by atoms with Gasteiger partial charge in [-0.25, -0.2) is 13.6 Å². The molecular formula is C10H10ClN3O2S. The number of nitrogens with two attached hydrogens (primary N) is 1. The Morgan fingerprint density at radius 1 is 1.41 bits per heavy atom. The van der Waals surface area contributed by atoms with Gasteiger partial charge in [-0.3, -0.25) is 4.68 Å². The summed E-state index contributed by atoms with van der Waals surface area (Å²) in [4.78, 5) is -0.000437. The van der Waals surface area contributed by atoms with E-state index >= 15 is 0 Å². The van der Waals surface area contributed by atoms with Crippen LogP contribution in [0.15, 0.2) is 41.6 Å². The zero-order valence-corrected chi connectivity index (χ0v) is 10.3. The van der Waals surface area contributed by atoms with Gasteiger partial charge in [-0.1, -0.05) is 23.7 Å². The Hall–Kier alpha value is -1.37. The zero-order chi connectivity index (χ0) is 12.5. The molecule has 0 aliphatic heterocycles. The van der Waals surface area contributed by atoms with Crippen molar-refractivity contribution in [3.8, 4) is 0 Å². The van der Waals surface area contributed by atoms with Crippen molar-refractivity contribution in [2.24, 2.45) is 5.14 Å². The van der Waals surface area contributed by atoms with Gasteiger partial charge < -0.3 is 0 Å². The van der Waals surface area contributed by atoms with Crippen LogP contribution in [0.3, 0.4) is 0 Å². The maximum atomic E-state index is 11.1. The van der Waals surface area contributed by atoms with Crippen molar-refractivity contribution in [3.05, 3.63) is 47.2 Å². The Labute approximate surface area is 104 Å². The molecule has 0 radical (unpaired) electrons. The molecule has 0 aliphatic rings. The van der Waals surface area contributed by atoms with Crippen LogP contribution >= 0.6 is 11.6 Å². The van der Waals surface area contributed by atoms with Crippen molar-refractivity contribution in [1.29, 1.82) is 0 Å². The van der Waals surface area contributed by atoms with Crippen molar-refractivity contribution in [2.45, 2.75) is 11.4 Å². The van der Waals surface area contributed by atoms with Crippen LogP contribution in [0, 0.1) is 0 Å². The van der Waals surface area contributed by atoms with Gasteiger partial charge in [0.2, 0.25) is 10.0 Å². The molecule has 2 aromatic rings. The average Bonchev–Trinajstić information content (AvgIpc) is 2.65. The molecule has 0 amide bonds. The highest BCUT2D eigenvalue weighted by molar-refractivity contribution is 7.89. The number of primary sulfonamides is 1. The van der Waals surface area contributed by atoms with E-state index in [9.17, 15) is 8.42 Å². The summed E-state index contributed by atoms with van der Waals surface area (Å²) >= 11 is 5.84. The van der Waals surface area contributed by atoms with E-state index in [1.165, 1.54) is 17.1 Å². The quantitative estimate of drug-likeness (QED) is 0.912. The summed E-state index contributed by atoms with van der Waals surface area (Å²) < 4.78 is 23.6. The Balaban J connectivity index is 2.23. The number of hydrogen-bond donors (Lipinski definition) is 1. The third kappa shape index (κ3) is 3.06. The fourth-order valence-electron chi connectivity index (χ4n) is 1.40. The summed E-state index contributed by atoms with van der Waals surface area (Å²) in [5.74, 6) is 0. The smallest absolute Gasteiger partial charge is 0.241 e. The van der Waals surface area contributed by atoms with E-state index in [-0.39, 0.29) is 4.90 Å². The van der Waals surface area contributed by atoms with Crippen molar-refractivity contribution >= 4 is 21.6 Å². The van der Waals surface area contributed by atoms with Crippen LogP contribution in [0.5, 0.6) is 0 Å². The van der Waals surface area contributed by atoms with E-state index in [0.717, 1.165) is 5.56 Å². The first-order valence-electron chi connectivity index (χ1n) is 4.75. The number of halogens is 1. The second-order valence-corrected chi connectivity index (χ2v) is 5.55. The second kappa shape index (κ2) is 4.48. The molecule has 2 N–H and O–H groups in total. The number of rotatable bonds is 3. The van der Waals surface area contributed by atoms with Gasteiger partial charge in [0.15, 0.2) is 0 Å². The zero-order valence-electron chi connectivity index (χ0n) is 8.75. The molecule has 90 valence electrons. The fraction of sp³-hybridized carbons (Fsp3) is 0.100. The third-order valence-corrected chi connectivity index (χ3v) is 3.27. The van der Waals surface area contributed by atoms with Gasteiger partial charge in [0.05, 0.1) is 12.7 Å². The van der Waals surface area contributed by atoms with E-state index in [0.29, 0.717) is 11.6 Å². The van der Waals surface area contributed by atoms with Gasteiger partial charge in [0, 0.05) is 11.2 Å². The lowest BCUT2D eigenvalue weighted by molar-refractivity contribution is 0.597. The SMILES string of the molecule is NS(=O)(=O)c1cnn(Cc2cccc(Cl)c2)c1. The lowest BCUT2D eigenvalue weighted by Crippen LogP contribution is -2.11. The Kier molecular flexibility index (Phi) is 3.19. The maximum Gasteiger partial charge on any atom is 0.241 e. The molecule has 0 atom stereocenters. The highest BCUT2D eigenvalue weighted by Crippen LogP contribution is 2.12. The van der Waals surface area contributed by atoms with Crippen molar-refractivity contribution < 1.29 is 8.42 Å². The number of benzene rings is 1. The Morgan fingerprint density at radius 2 is 2.18 bits per heavy atom. The molecule has 17 heavy (non-hydrogen) atoms. The first kappa shape index (κ1) is 12.1. The summed E-state index contributed by atoms with van der Waals surface area (Å²) in [7, 11) is -3.69. The summed E-state index contributed by atoms with van der Waals surface area (Å²) in [5.41, 5.74) is 0.932. The number of hydrogen-bond acceptors (Lipinski definition) is 3. The first-order valence-corrected chi connectivity index (χ1v) is 6.67. The number of nitrogens with zero attached hydrogens (tertiary/aromatic N) is 2. The second-order valence-electron chi connectivity index (χ2n) is 3.55. The Bertz CT molecular complexity index is 637. The van der Waals surface area contributed by atoms with E-state index in [1.54, 1.807) is 12.1 Å². The normalized spacial score (nSPS) is 11.6. The van der Waals surface area contributed by atoms with E-state index in [1.807, 2.05) is 12.1 Å². The van der Waals surface area contributed by atoms with E-state index in [4.69, 9.17) is 16.7 Å². The molecule has 2 rings (SSSR count). The van der Waals surface area contributed by atoms with Gasteiger partial charge in [-0.05, 0) is 17.7 Å². The highest BCUT2D eigenvalue weighted by Gasteiger charge is 2.10. The molecule has 0 aliphatic carbocycles. The predicted octanol–water partition coefficient (Wildman–Crippen LogP) is 1.23. The Morgan fingerprint density at radius 3 is 2.76 bits per heavy atom. The molecule has 7 heteroatoms. The molecular weight excluding hydrogens is 262 g/mol. The lowest BCUT2D eigenvalue weighted by Gasteiger charge is -2.01. The average molecular weight is 272 g/mol. The predicted molar refractivity (Wildman–Crippen MR) is 64.2 cm³/mol. The van der Waals surface area contributed by atoms with Crippen LogP contribution in [0.2, 0.25) is 5.02 Å². The number of aromatic nitrogens is 2. The van der Waals surface area contributed by atoms with Gasteiger partial charge in [0.1, 0.15) is 4.90 Å². The standard InChI is InChI=1S/C10H10ClN3O2S/c11-9-3-1-2-8(4-9)6-14-7-10(5-13-14)17(12,15)16/h1-5,7H,6H2,(H2,12,15,16). The molecule has 0 bridgehead atoms. The monoisotopic (exact) mass is 271 g/mol. The largest absolute Gasteiger partial charge is 0.267 e. The molecule has 1 aromatic carbocycles. The third-order valence-electron chi connectivity index (χ3n) is 2.17. The van der Waals surface area contributed by atoms with Crippen LogP contribution in [-0.4, -0.2) is 18.2 Å². The maximum absolute atomic E-state index is 11.1. The number of sulfonamides is 1. The minimum absolute atomic E-state index is 0.000437. The summed E-state index contributed by atoms with van der Waals surface area (Å²) in [6.07, 6.45) is 2.61. The molecule has 1 heterocycles. The summed E-state index contributed by atoms with van der Waals surface area (Å²) in [6.45, 7) is 0.441. The summed E-state index contributed by atoms with van der Waals surface area (Å²) in [6, 6.07) is 7.26. The van der Waals surface area contributed by atoms with Gasteiger partial charge in [0.25, 0.3) is 0 Å². The van der Waals surface area contributed by atoms with Crippen molar-refractivity contribution in [1.82, 2.24) is 9.78 Å². The van der Waals surface area contributed by atoms with Crippen LogP contribution < -0.4 is 5.14 Å². The molecule has 1 aromatic heterocycles. The van der Waals surface area contributed by atoms with Crippen molar-refractivity contribution in [3.63, 3.8) is 0 Å². The molecule has 0 saturated heterocycles. The molecule has 0 unspecified atom stereocenters. The summed E-state index contributed by atoms with van der Waals surface area (Å²) in [5, 5.41) is 9.53. The first-order chi connectivity index (χ1) is 7.95. The van der Waals surface area contributed by atoms with E-state index < -0.39 is 10.0 Å². The molecule has 0 spiro atoms. The van der Waals surface area contributed by atoms with Crippen LogP contribution in [0.25, 0.3) is 0 Å². The van der Waals surface area contributed by atoms with Gasteiger partial charge in [-0.2, -0.15) is 5.10 Å². The van der Waals surface area contributed by atoms with Gasteiger partial charge >= 0.3 is 0 Å². The molecule has 5 nitrogen and oxygen atoms in total. The van der Waals surface area contributed by atoms with Crippen molar-refractivity contribution in [2.75, 3.05) is 0 Å². The fourth-order valence-corrected chi connectivity index (χ4v) is 2.08. The lowest BCUT2D eigenvalue weighted by atomic mass is 10.2. The van der Waals surface area contributed by atoms with Crippen LogP contribution in [0.4, 0.5) is 0 Å². The minimum atomic E-state index is -3.69. The molecule has 0 fully saturated rings. The van der Waals surface area contributed by atoms with Crippen LogP contribution in [0.1, 0.15) is 5.56 Å². The minimum Gasteiger partial charge on any atom is -0.267 e. The highest BCUT2D eigenvalue weighted by atomic mass is 35.5. The van der Waals surface area contributed by atoms with Crippen LogP contribution in [-0.2, 0) is 16.6 Å².